The molecule has 1 unspecified atom stereocenters. The lowest BCUT2D eigenvalue weighted by molar-refractivity contribution is 0.198. The SMILES string of the molecule is CCN(CC)CCCC(C)NC(=NC)NCc1cccc(OC)c1OC1CCCC1. The van der Waals surface area contributed by atoms with Gasteiger partial charge in [-0.3, -0.25) is 4.99 Å². The lowest BCUT2D eigenvalue weighted by Gasteiger charge is -2.22. The number of para-hydroxylation sites is 1. The molecule has 30 heavy (non-hydrogen) atoms. The summed E-state index contributed by atoms with van der Waals surface area (Å²) in [5.41, 5.74) is 1.10. The molecule has 0 saturated heterocycles. The van der Waals surface area contributed by atoms with Crippen LogP contribution in [0.15, 0.2) is 23.2 Å². The average Bonchev–Trinajstić information content (AvgIpc) is 3.28. The standard InChI is InChI=1S/C24H42N4O2/c1-6-28(7-2)17-11-12-19(3)27-24(25-4)26-18-20-13-10-16-22(29-5)23(20)30-21-14-8-9-15-21/h10,13,16,19,21H,6-9,11-12,14-15,17-18H2,1-5H3,(H2,25,26,27). The number of methoxy groups -OCH3 is 1. The molecule has 1 aliphatic rings. The van der Waals surface area contributed by atoms with E-state index in [4.69, 9.17) is 9.47 Å². The molecule has 1 fully saturated rings. The average molecular weight is 419 g/mol. The van der Waals surface area contributed by atoms with Crippen molar-refractivity contribution in [1.29, 1.82) is 0 Å². The minimum Gasteiger partial charge on any atom is -0.493 e. The Balaban J connectivity index is 1.89. The molecule has 1 aliphatic carbocycles. The van der Waals surface area contributed by atoms with Gasteiger partial charge < -0.3 is 25.0 Å². The number of nitrogens with one attached hydrogen (secondary N) is 2. The predicted octanol–water partition coefficient (Wildman–Crippen LogP) is 4.19. The number of guanidine groups is 1. The minimum atomic E-state index is 0.295. The van der Waals surface area contributed by atoms with Crippen LogP contribution in [0.5, 0.6) is 11.5 Å². The highest BCUT2D eigenvalue weighted by Crippen LogP contribution is 2.34. The molecule has 0 aromatic heterocycles. The second kappa shape index (κ2) is 13.4. The molecule has 0 radical (unpaired) electrons. The Morgan fingerprint density at radius 1 is 1.23 bits per heavy atom. The van der Waals surface area contributed by atoms with Crippen LogP contribution in [0.3, 0.4) is 0 Å². The Morgan fingerprint density at radius 3 is 2.60 bits per heavy atom. The van der Waals surface area contributed by atoms with Crippen LogP contribution in [0.2, 0.25) is 0 Å². The molecule has 0 amide bonds. The second-order valence-corrected chi connectivity index (χ2v) is 8.11. The molecule has 6 nitrogen and oxygen atoms in total. The molecular weight excluding hydrogens is 376 g/mol. The van der Waals surface area contributed by atoms with Crippen LogP contribution in [0.25, 0.3) is 0 Å². The summed E-state index contributed by atoms with van der Waals surface area (Å²) in [7, 11) is 3.52. The number of benzene rings is 1. The van der Waals surface area contributed by atoms with E-state index >= 15 is 0 Å². The largest absolute Gasteiger partial charge is 0.493 e. The quantitative estimate of drug-likeness (QED) is 0.394. The third-order valence-electron chi connectivity index (χ3n) is 5.93. The van der Waals surface area contributed by atoms with Crippen molar-refractivity contribution in [2.45, 2.75) is 78.0 Å². The number of nitrogens with zero attached hydrogens (tertiary/aromatic N) is 2. The molecule has 0 bridgehead atoms. The van der Waals surface area contributed by atoms with Crippen LogP contribution >= 0.6 is 0 Å². The van der Waals surface area contributed by atoms with Crippen molar-refractivity contribution in [1.82, 2.24) is 15.5 Å². The van der Waals surface area contributed by atoms with Crippen molar-refractivity contribution in [3.05, 3.63) is 23.8 Å². The van der Waals surface area contributed by atoms with E-state index < -0.39 is 0 Å². The number of aliphatic imine (C=N–C) groups is 1. The fourth-order valence-electron chi connectivity index (χ4n) is 4.01. The van der Waals surface area contributed by atoms with E-state index in [1.807, 2.05) is 19.2 Å². The second-order valence-electron chi connectivity index (χ2n) is 8.11. The maximum absolute atomic E-state index is 6.34. The summed E-state index contributed by atoms with van der Waals surface area (Å²) < 4.78 is 11.9. The van der Waals surface area contributed by atoms with Gasteiger partial charge in [0.25, 0.3) is 0 Å². The molecule has 2 rings (SSSR count). The van der Waals surface area contributed by atoms with Gasteiger partial charge in [0.2, 0.25) is 0 Å². The zero-order valence-electron chi connectivity index (χ0n) is 19.7. The molecule has 1 aromatic rings. The highest BCUT2D eigenvalue weighted by Gasteiger charge is 2.20. The van der Waals surface area contributed by atoms with E-state index in [1.54, 1.807) is 7.11 Å². The van der Waals surface area contributed by atoms with E-state index in [0.29, 0.717) is 18.7 Å². The molecule has 1 saturated carbocycles. The molecule has 1 aromatic carbocycles. The predicted molar refractivity (Wildman–Crippen MR) is 126 cm³/mol. The van der Waals surface area contributed by atoms with Gasteiger partial charge in [-0.1, -0.05) is 26.0 Å². The lowest BCUT2D eigenvalue weighted by atomic mass is 10.1. The van der Waals surface area contributed by atoms with Crippen LogP contribution in [-0.4, -0.2) is 56.8 Å². The zero-order chi connectivity index (χ0) is 21.8. The number of hydrogen-bond donors (Lipinski definition) is 2. The number of ether oxygens (including phenoxy) is 2. The molecule has 0 spiro atoms. The first-order valence-electron chi connectivity index (χ1n) is 11.6. The molecule has 0 heterocycles. The molecule has 170 valence electrons. The summed E-state index contributed by atoms with van der Waals surface area (Å²) >= 11 is 0. The zero-order valence-corrected chi connectivity index (χ0v) is 19.7. The van der Waals surface area contributed by atoms with E-state index in [1.165, 1.54) is 19.3 Å². The van der Waals surface area contributed by atoms with Gasteiger partial charge in [0.05, 0.1) is 13.2 Å². The molecule has 0 aliphatic heterocycles. The summed E-state index contributed by atoms with van der Waals surface area (Å²) in [6.07, 6.45) is 7.34. The van der Waals surface area contributed by atoms with Crippen molar-refractivity contribution in [2.75, 3.05) is 33.8 Å². The first-order valence-corrected chi connectivity index (χ1v) is 11.6. The fraction of sp³-hybridized carbons (Fsp3) is 0.708. The fourth-order valence-corrected chi connectivity index (χ4v) is 4.01. The normalized spacial score (nSPS) is 16.0. The van der Waals surface area contributed by atoms with Gasteiger partial charge in [0.1, 0.15) is 0 Å². The summed E-state index contributed by atoms with van der Waals surface area (Å²) in [6, 6.07) is 6.45. The van der Waals surface area contributed by atoms with Gasteiger partial charge in [-0.05, 0) is 71.1 Å². The van der Waals surface area contributed by atoms with E-state index in [0.717, 1.165) is 61.9 Å². The van der Waals surface area contributed by atoms with Crippen LogP contribution < -0.4 is 20.1 Å². The molecule has 2 N–H and O–H groups in total. The first kappa shape index (κ1) is 24.3. The lowest BCUT2D eigenvalue weighted by Crippen LogP contribution is -2.42. The van der Waals surface area contributed by atoms with Gasteiger partial charge >= 0.3 is 0 Å². The van der Waals surface area contributed by atoms with E-state index in [9.17, 15) is 0 Å². The number of hydrogen-bond acceptors (Lipinski definition) is 4. The maximum atomic E-state index is 6.34. The van der Waals surface area contributed by atoms with E-state index in [-0.39, 0.29) is 0 Å². The van der Waals surface area contributed by atoms with Crippen molar-refractivity contribution in [2.24, 2.45) is 4.99 Å². The highest BCUT2D eigenvalue weighted by molar-refractivity contribution is 5.80. The van der Waals surface area contributed by atoms with Crippen LogP contribution in [-0.2, 0) is 6.54 Å². The Bertz CT molecular complexity index is 640. The summed E-state index contributed by atoms with van der Waals surface area (Å²) in [5.74, 6) is 2.48. The topological polar surface area (TPSA) is 58.1 Å². The van der Waals surface area contributed by atoms with Crippen LogP contribution in [0.4, 0.5) is 0 Å². The molecule has 1 atom stereocenters. The van der Waals surface area contributed by atoms with Gasteiger partial charge in [0, 0.05) is 25.2 Å². The van der Waals surface area contributed by atoms with Crippen LogP contribution in [0.1, 0.15) is 64.9 Å². The highest BCUT2D eigenvalue weighted by atomic mass is 16.5. The maximum Gasteiger partial charge on any atom is 0.191 e. The van der Waals surface area contributed by atoms with Gasteiger partial charge in [-0.2, -0.15) is 0 Å². The Hall–Kier alpha value is -1.95. The number of rotatable bonds is 12. The Morgan fingerprint density at radius 2 is 1.97 bits per heavy atom. The Kier molecular flexibility index (Phi) is 10.8. The third-order valence-corrected chi connectivity index (χ3v) is 5.93. The van der Waals surface area contributed by atoms with Crippen LogP contribution in [0, 0.1) is 0 Å². The monoisotopic (exact) mass is 418 g/mol. The summed E-state index contributed by atoms with van der Waals surface area (Å²) in [4.78, 5) is 6.87. The van der Waals surface area contributed by atoms with Crippen molar-refractivity contribution in [3.8, 4) is 11.5 Å². The van der Waals surface area contributed by atoms with Crippen molar-refractivity contribution >= 4 is 5.96 Å². The first-order chi connectivity index (χ1) is 14.6. The third kappa shape index (κ3) is 7.71. The van der Waals surface area contributed by atoms with E-state index in [2.05, 4.69) is 47.4 Å². The van der Waals surface area contributed by atoms with Gasteiger partial charge in [-0.25, -0.2) is 0 Å². The minimum absolute atomic E-state index is 0.295. The van der Waals surface area contributed by atoms with Gasteiger partial charge in [-0.15, -0.1) is 0 Å². The molecular formula is C24H42N4O2. The smallest absolute Gasteiger partial charge is 0.191 e. The summed E-state index contributed by atoms with van der Waals surface area (Å²) in [5, 5.41) is 6.96. The summed E-state index contributed by atoms with van der Waals surface area (Å²) in [6.45, 7) is 10.7. The molecule has 6 heteroatoms. The van der Waals surface area contributed by atoms with Crippen molar-refractivity contribution in [3.63, 3.8) is 0 Å². The van der Waals surface area contributed by atoms with Crippen molar-refractivity contribution < 1.29 is 9.47 Å². The Labute approximate surface area is 183 Å². The van der Waals surface area contributed by atoms with Gasteiger partial charge in [0.15, 0.2) is 17.5 Å².